The molecule has 0 bridgehead atoms. The van der Waals surface area contributed by atoms with Gasteiger partial charge in [-0.15, -0.1) is 0 Å². The molecule has 98 valence electrons. The number of carbonyl (C=O) groups is 2. The second-order valence-corrected chi connectivity index (χ2v) is 4.15. The van der Waals surface area contributed by atoms with E-state index in [0.717, 1.165) is 6.42 Å². The zero-order valence-electron chi connectivity index (χ0n) is 10.6. The van der Waals surface area contributed by atoms with Gasteiger partial charge in [-0.1, -0.05) is 19.1 Å². The van der Waals surface area contributed by atoms with Crippen molar-refractivity contribution in [1.82, 2.24) is 5.32 Å². The average Bonchev–Trinajstić information content (AvgIpc) is 2.28. The van der Waals surface area contributed by atoms with Gasteiger partial charge in [-0.25, -0.2) is 4.79 Å². The summed E-state index contributed by atoms with van der Waals surface area (Å²) < 4.78 is 0. The molecule has 0 aromatic heterocycles. The first-order valence-electron chi connectivity index (χ1n) is 5.89. The largest absolute Gasteiger partial charge is 0.481 e. The molecular formula is C13H18N2O3. The molecule has 0 fully saturated rings. The normalized spacial score (nSPS) is 11.7. The Hall–Kier alpha value is -2.04. The molecule has 1 aromatic rings. The molecular weight excluding hydrogens is 232 g/mol. The number of urea groups is 1. The Morgan fingerprint density at radius 1 is 1.28 bits per heavy atom. The predicted octanol–water partition coefficient (Wildman–Crippen LogP) is 2.23. The van der Waals surface area contributed by atoms with Crippen LogP contribution in [-0.4, -0.2) is 23.1 Å². The highest BCUT2D eigenvalue weighted by atomic mass is 16.4. The second kappa shape index (κ2) is 6.64. The Balaban J connectivity index is 2.46. The highest BCUT2D eigenvalue weighted by Gasteiger charge is 2.10. The third kappa shape index (κ3) is 4.86. The highest BCUT2D eigenvalue weighted by molar-refractivity contribution is 5.89. The van der Waals surface area contributed by atoms with Gasteiger partial charge in [0.1, 0.15) is 0 Å². The molecule has 0 saturated carbocycles. The summed E-state index contributed by atoms with van der Waals surface area (Å²) in [4.78, 5) is 22.0. The molecule has 0 aliphatic rings. The molecule has 0 spiro atoms. The predicted molar refractivity (Wildman–Crippen MR) is 69.7 cm³/mol. The van der Waals surface area contributed by atoms with Crippen molar-refractivity contribution in [3.8, 4) is 0 Å². The van der Waals surface area contributed by atoms with Crippen LogP contribution in [-0.2, 0) is 11.2 Å². The monoisotopic (exact) mass is 250 g/mol. The maximum Gasteiger partial charge on any atom is 0.319 e. The molecule has 0 radical (unpaired) electrons. The molecule has 1 rings (SSSR count). The maximum atomic E-state index is 11.5. The van der Waals surface area contributed by atoms with Gasteiger partial charge in [0.05, 0.1) is 6.42 Å². The Labute approximate surface area is 106 Å². The number of carboxylic acid groups (broad SMARTS) is 1. The molecule has 2 amide bonds. The standard InChI is InChI=1S/C13H18N2O3/c1-3-10-4-6-11(7-5-10)15-13(18)14-9(2)8-12(16)17/h4-7,9H,3,8H2,1-2H3,(H,16,17)(H2,14,15,18). The van der Waals surface area contributed by atoms with E-state index in [0.29, 0.717) is 5.69 Å². The van der Waals surface area contributed by atoms with Crippen LogP contribution in [0.1, 0.15) is 25.8 Å². The van der Waals surface area contributed by atoms with Gasteiger partial charge in [0, 0.05) is 11.7 Å². The first kappa shape index (κ1) is 14.0. The van der Waals surface area contributed by atoms with Gasteiger partial charge >= 0.3 is 12.0 Å². The van der Waals surface area contributed by atoms with Crippen LogP contribution in [0.3, 0.4) is 0 Å². The second-order valence-electron chi connectivity index (χ2n) is 4.15. The maximum absolute atomic E-state index is 11.5. The summed E-state index contributed by atoms with van der Waals surface area (Å²) >= 11 is 0. The average molecular weight is 250 g/mol. The molecule has 0 saturated heterocycles. The van der Waals surface area contributed by atoms with E-state index in [1.54, 1.807) is 6.92 Å². The fourth-order valence-electron chi connectivity index (χ4n) is 1.53. The van der Waals surface area contributed by atoms with E-state index in [-0.39, 0.29) is 6.42 Å². The summed E-state index contributed by atoms with van der Waals surface area (Å²) in [5, 5.41) is 13.8. The zero-order chi connectivity index (χ0) is 13.5. The van der Waals surface area contributed by atoms with Gasteiger partial charge in [-0.05, 0) is 31.0 Å². The minimum absolute atomic E-state index is 0.0950. The number of rotatable bonds is 5. The van der Waals surface area contributed by atoms with E-state index < -0.39 is 18.0 Å². The lowest BCUT2D eigenvalue weighted by molar-refractivity contribution is -0.137. The lowest BCUT2D eigenvalue weighted by atomic mass is 10.1. The lowest BCUT2D eigenvalue weighted by Crippen LogP contribution is -2.37. The van der Waals surface area contributed by atoms with Crippen molar-refractivity contribution in [3.05, 3.63) is 29.8 Å². The van der Waals surface area contributed by atoms with Crippen molar-refractivity contribution >= 4 is 17.7 Å². The Bertz CT molecular complexity index is 415. The number of aliphatic carboxylic acids is 1. The number of hydrogen-bond acceptors (Lipinski definition) is 2. The molecule has 1 unspecified atom stereocenters. The molecule has 3 N–H and O–H groups in total. The zero-order valence-corrected chi connectivity index (χ0v) is 10.6. The molecule has 0 aliphatic heterocycles. The fraction of sp³-hybridized carbons (Fsp3) is 0.385. The molecule has 1 atom stereocenters. The van der Waals surface area contributed by atoms with E-state index in [2.05, 4.69) is 17.6 Å². The number of amides is 2. The quantitative estimate of drug-likeness (QED) is 0.749. The summed E-state index contributed by atoms with van der Waals surface area (Å²) in [6, 6.07) is 6.72. The molecule has 0 heterocycles. The highest BCUT2D eigenvalue weighted by Crippen LogP contribution is 2.09. The Morgan fingerprint density at radius 2 is 1.89 bits per heavy atom. The van der Waals surface area contributed by atoms with E-state index in [1.807, 2.05) is 24.3 Å². The SMILES string of the molecule is CCc1ccc(NC(=O)NC(C)CC(=O)O)cc1. The van der Waals surface area contributed by atoms with Crippen molar-refractivity contribution in [2.24, 2.45) is 0 Å². The van der Waals surface area contributed by atoms with Crippen LogP contribution < -0.4 is 10.6 Å². The Morgan fingerprint density at radius 3 is 2.39 bits per heavy atom. The number of aryl methyl sites for hydroxylation is 1. The van der Waals surface area contributed by atoms with E-state index >= 15 is 0 Å². The van der Waals surface area contributed by atoms with Crippen LogP contribution in [0.25, 0.3) is 0 Å². The fourth-order valence-corrected chi connectivity index (χ4v) is 1.53. The number of carboxylic acids is 1. The van der Waals surface area contributed by atoms with Crippen molar-refractivity contribution < 1.29 is 14.7 Å². The minimum atomic E-state index is -0.935. The summed E-state index contributed by atoms with van der Waals surface area (Å²) in [6.07, 6.45) is 0.852. The topological polar surface area (TPSA) is 78.4 Å². The number of benzene rings is 1. The van der Waals surface area contributed by atoms with Crippen LogP contribution in [0.4, 0.5) is 10.5 Å². The Kier molecular flexibility index (Phi) is 5.17. The van der Waals surface area contributed by atoms with Gasteiger partial charge in [-0.2, -0.15) is 0 Å². The van der Waals surface area contributed by atoms with Crippen LogP contribution in [0.5, 0.6) is 0 Å². The lowest BCUT2D eigenvalue weighted by Gasteiger charge is -2.12. The van der Waals surface area contributed by atoms with Crippen molar-refractivity contribution in [1.29, 1.82) is 0 Å². The molecule has 0 aliphatic carbocycles. The van der Waals surface area contributed by atoms with Crippen LogP contribution in [0.2, 0.25) is 0 Å². The summed E-state index contributed by atoms with van der Waals surface area (Å²) in [5.41, 5.74) is 1.88. The van der Waals surface area contributed by atoms with Crippen LogP contribution >= 0.6 is 0 Å². The smallest absolute Gasteiger partial charge is 0.319 e. The van der Waals surface area contributed by atoms with E-state index in [9.17, 15) is 9.59 Å². The van der Waals surface area contributed by atoms with Crippen LogP contribution in [0.15, 0.2) is 24.3 Å². The molecule has 5 heteroatoms. The number of hydrogen-bond donors (Lipinski definition) is 3. The third-order valence-corrected chi connectivity index (χ3v) is 2.48. The van der Waals surface area contributed by atoms with Crippen LogP contribution in [0, 0.1) is 0 Å². The van der Waals surface area contributed by atoms with Gasteiger partial charge in [0.25, 0.3) is 0 Å². The number of nitrogens with one attached hydrogen (secondary N) is 2. The first-order valence-corrected chi connectivity index (χ1v) is 5.89. The van der Waals surface area contributed by atoms with Crippen molar-refractivity contribution in [2.45, 2.75) is 32.7 Å². The minimum Gasteiger partial charge on any atom is -0.481 e. The summed E-state index contributed by atoms with van der Waals surface area (Å²) in [7, 11) is 0. The van der Waals surface area contributed by atoms with Crippen molar-refractivity contribution in [3.63, 3.8) is 0 Å². The summed E-state index contributed by atoms with van der Waals surface area (Å²) in [5.74, 6) is -0.935. The van der Waals surface area contributed by atoms with E-state index in [4.69, 9.17) is 5.11 Å². The van der Waals surface area contributed by atoms with E-state index in [1.165, 1.54) is 5.56 Å². The van der Waals surface area contributed by atoms with Gasteiger partial charge in [0.15, 0.2) is 0 Å². The van der Waals surface area contributed by atoms with Crippen molar-refractivity contribution in [2.75, 3.05) is 5.32 Å². The number of anilines is 1. The molecule has 5 nitrogen and oxygen atoms in total. The van der Waals surface area contributed by atoms with Gasteiger partial charge in [0.2, 0.25) is 0 Å². The van der Waals surface area contributed by atoms with Gasteiger partial charge in [-0.3, -0.25) is 4.79 Å². The molecule has 1 aromatic carbocycles. The number of carbonyl (C=O) groups excluding carboxylic acids is 1. The first-order chi connectivity index (χ1) is 8.51. The molecule has 18 heavy (non-hydrogen) atoms. The summed E-state index contributed by atoms with van der Waals surface area (Å²) in [6.45, 7) is 3.70. The third-order valence-electron chi connectivity index (χ3n) is 2.48. The van der Waals surface area contributed by atoms with Gasteiger partial charge < -0.3 is 15.7 Å².